The highest BCUT2D eigenvalue weighted by molar-refractivity contribution is 5.78. The number of carbonyl (C=O) groups is 1. The molecule has 2 fully saturated rings. The predicted octanol–water partition coefficient (Wildman–Crippen LogP) is -0.0280. The van der Waals surface area contributed by atoms with Gasteiger partial charge in [-0.15, -0.1) is 0 Å². The Morgan fingerprint density at radius 2 is 2.00 bits per heavy atom. The second kappa shape index (κ2) is 6.80. The third-order valence-corrected chi connectivity index (χ3v) is 4.68. The molecule has 0 saturated carbocycles. The van der Waals surface area contributed by atoms with E-state index in [1.54, 1.807) is 30.4 Å². The molecule has 2 aliphatic heterocycles. The first-order valence-corrected chi connectivity index (χ1v) is 8.26. The van der Waals surface area contributed by atoms with Gasteiger partial charge >= 0.3 is 0 Å². The zero-order valence-corrected chi connectivity index (χ0v) is 13.7. The topological polar surface area (TPSA) is 72.8 Å². The van der Waals surface area contributed by atoms with Crippen molar-refractivity contribution in [3.63, 3.8) is 0 Å². The molecule has 1 atom stereocenters. The van der Waals surface area contributed by atoms with Crippen LogP contribution in [0.1, 0.15) is 19.3 Å². The Morgan fingerprint density at radius 3 is 2.70 bits per heavy atom. The molecule has 1 aromatic rings. The van der Waals surface area contributed by atoms with E-state index in [0.717, 1.165) is 13.1 Å². The van der Waals surface area contributed by atoms with Crippen LogP contribution in [0.5, 0.6) is 0 Å². The molecule has 3 heterocycles. The lowest BCUT2D eigenvalue weighted by Gasteiger charge is -2.30. The van der Waals surface area contributed by atoms with Gasteiger partial charge < -0.3 is 14.9 Å². The lowest BCUT2D eigenvalue weighted by molar-refractivity contribution is -0.133. The van der Waals surface area contributed by atoms with Crippen LogP contribution in [0.2, 0.25) is 0 Å². The second-order valence-corrected chi connectivity index (χ2v) is 6.68. The van der Waals surface area contributed by atoms with Gasteiger partial charge in [-0.1, -0.05) is 0 Å². The molecule has 7 nitrogen and oxygen atoms in total. The number of anilines is 1. The van der Waals surface area contributed by atoms with Gasteiger partial charge in [0.15, 0.2) is 0 Å². The van der Waals surface area contributed by atoms with Crippen LogP contribution in [-0.2, 0) is 4.79 Å². The monoisotopic (exact) mass is 319 g/mol. The number of amides is 1. The lowest BCUT2D eigenvalue weighted by atomic mass is 10.0. The molecule has 126 valence electrons. The Kier molecular flexibility index (Phi) is 4.77. The largest absolute Gasteiger partial charge is 0.386 e. The van der Waals surface area contributed by atoms with Gasteiger partial charge in [0.05, 0.1) is 19.6 Å². The Bertz CT molecular complexity index is 535. The Labute approximate surface area is 136 Å². The molecule has 0 unspecified atom stereocenters. The summed E-state index contributed by atoms with van der Waals surface area (Å²) in [7, 11) is 1.78. The minimum Gasteiger partial charge on any atom is -0.386 e. The predicted molar refractivity (Wildman–Crippen MR) is 87.1 cm³/mol. The highest BCUT2D eigenvalue weighted by atomic mass is 16.3. The van der Waals surface area contributed by atoms with Crippen molar-refractivity contribution in [3.8, 4) is 0 Å². The number of likely N-dealkylation sites (tertiary alicyclic amines) is 1. The number of hydrogen-bond donors (Lipinski definition) is 1. The van der Waals surface area contributed by atoms with Gasteiger partial charge in [-0.3, -0.25) is 9.69 Å². The van der Waals surface area contributed by atoms with E-state index in [0.29, 0.717) is 38.5 Å². The number of nitrogens with zero attached hydrogens (tertiary/aromatic N) is 5. The molecule has 0 aliphatic carbocycles. The van der Waals surface area contributed by atoms with Crippen molar-refractivity contribution in [1.82, 2.24) is 19.8 Å². The van der Waals surface area contributed by atoms with E-state index < -0.39 is 5.60 Å². The minimum atomic E-state index is -0.894. The molecule has 1 amide bonds. The van der Waals surface area contributed by atoms with Crippen LogP contribution >= 0.6 is 0 Å². The zero-order valence-electron chi connectivity index (χ0n) is 13.7. The number of β-amino-alcohol motifs (C(OH)–C–C–N with tert-alkyl or cyclic N) is 1. The average molecular weight is 319 g/mol. The number of aliphatic hydroxyl groups is 1. The Balaban J connectivity index is 1.53. The summed E-state index contributed by atoms with van der Waals surface area (Å²) in [6.45, 7) is 3.97. The van der Waals surface area contributed by atoms with Gasteiger partial charge in [-0.05, 0) is 38.4 Å². The third kappa shape index (κ3) is 3.97. The van der Waals surface area contributed by atoms with Gasteiger partial charge in [0.1, 0.15) is 5.60 Å². The van der Waals surface area contributed by atoms with Crippen molar-refractivity contribution in [2.75, 3.05) is 51.2 Å². The number of hydrogen-bond acceptors (Lipinski definition) is 6. The average Bonchev–Trinajstić information content (AvgIpc) is 3.18. The van der Waals surface area contributed by atoms with Gasteiger partial charge in [-0.25, -0.2) is 9.97 Å². The number of carbonyl (C=O) groups excluding carboxylic acids is 1. The fourth-order valence-electron chi connectivity index (χ4n) is 3.39. The summed E-state index contributed by atoms with van der Waals surface area (Å²) in [6, 6.07) is 1.77. The maximum Gasteiger partial charge on any atom is 0.236 e. The van der Waals surface area contributed by atoms with Crippen LogP contribution in [0.3, 0.4) is 0 Å². The van der Waals surface area contributed by atoms with Crippen LogP contribution in [0.15, 0.2) is 18.5 Å². The molecule has 0 radical (unpaired) electrons. The van der Waals surface area contributed by atoms with E-state index in [1.165, 1.54) is 12.8 Å². The highest BCUT2D eigenvalue weighted by Gasteiger charge is 2.39. The smallest absolute Gasteiger partial charge is 0.236 e. The van der Waals surface area contributed by atoms with Crippen molar-refractivity contribution >= 4 is 11.9 Å². The minimum absolute atomic E-state index is 0.0785. The number of aromatic nitrogens is 2. The maximum absolute atomic E-state index is 12.3. The second-order valence-electron chi connectivity index (χ2n) is 6.68. The molecule has 2 aliphatic rings. The van der Waals surface area contributed by atoms with Crippen LogP contribution in [0.4, 0.5) is 5.95 Å². The van der Waals surface area contributed by atoms with Crippen molar-refractivity contribution in [3.05, 3.63) is 18.5 Å². The highest BCUT2D eigenvalue weighted by Crippen LogP contribution is 2.25. The quantitative estimate of drug-likeness (QED) is 0.822. The van der Waals surface area contributed by atoms with E-state index >= 15 is 0 Å². The SMILES string of the molecule is CN(C[C@@]1(O)CCN(c2ncccn2)C1)C(=O)CN1CCCC1. The first kappa shape index (κ1) is 16.1. The van der Waals surface area contributed by atoms with Crippen LogP contribution < -0.4 is 4.90 Å². The molecule has 1 aromatic heterocycles. The molecule has 2 saturated heterocycles. The van der Waals surface area contributed by atoms with Crippen LogP contribution in [0, 0.1) is 0 Å². The van der Waals surface area contributed by atoms with Crippen molar-refractivity contribution in [2.24, 2.45) is 0 Å². The first-order chi connectivity index (χ1) is 11.1. The van der Waals surface area contributed by atoms with Crippen LogP contribution in [0.25, 0.3) is 0 Å². The molecule has 0 spiro atoms. The molecule has 0 aromatic carbocycles. The number of rotatable bonds is 5. The van der Waals surface area contributed by atoms with Crippen molar-refractivity contribution in [2.45, 2.75) is 24.9 Å². The van der Waals surface area contributed by atoms with Crippen molar-refractivity contribution in [1.29, 1.82) is 0 Å². The van der Waals surface area contributed by atoms with Gasteiger partial charge in [0.25, 0.3) is 0 Å². The summed E-state index contributed by atoms with van der Waals surface area (Å²) in [5, 5.41) is 10.8. The molecule has 1 N–H and O–H groups in total. The summed E-state index contributed by atoms with van der Waals surface area (Å²) >= 11 is 0. The van der Waals surface area contributed by atoms with E-state index in [1.807, 2.05) is 4.90 Å². The lowest BCUT2D eigenvalue weighted by Crippen LogP contribution is -2.48. The van der Waals surface area contributed by atoms with E-state index in [9.17, 15) is 9.90 Å². The molecule has 23 heavy (non-hydrogen) atoms. The van der Waals surface area contributed by atoms with Crippen LogP contribution in [-0.4, -0.2) is 82.7 Å². The summed E-state index contributed by atoms with van der Waals surface area (Å²) < 4.78 is 0. The Hall–Kier alpha value is -1.73. The summed E-state index contributed by atoms with van der Waals surface area (Å²) in [5.41, 5.74) is -0.894. The van der Waals surface area contributed by atoms with E-state index in [4.69, 9.17) is 0 Å². The van der Waals surface area contributed by atoms with Gasteiger partial charge in [0, 0.05) is 26.0 Å². The molecular formula is C16H25N5O2. The summed E-state index contributed by atoms with van der Waals surface area (Å²) in [4.78, 5) is 26.6. The van der Waals surface area contributed by atoms with Gasteiger partial charge in [-0.2, -0.15) is 0 Å². The van der Waals surface area contributed by atoms with Crippen molar-refractivity contribution < 1.29 is 9.90 Å². The third-order valence-electron chi connectivity index (χ3n) is 4.68. The zero-order chi connectivity index (χ0) is 16.3. The van der Waals surface area contributed by atoms with Gasteiger partial charge in [0.2, 0.25) is 11.9 Å². The number of likely N-dealkylation sites (N-methyl/N-ethyl adjacent to an activating group) is 1. The fourth-order valence-corrected chi connectivity index (χ4v) is 3.39. The van der Waals surface area contributed by atoms with E-state index in [-0.39, 0.29) is 5.91 Å². The Morgan fingerprint density at radius 1 is 1.30 bits per heavy atom. The maximum atomic E-state index is 12.3. The first-order valence-electron chi connectivity index (χ1n) is 8.26. The standard InChI is InChI=1S/C16H25N5O2/c1-19(14(22)11-20-8-2-3-9-20)12-16(23)5-10-21(13-16)15-17-6-4-7-18-15/h4,6-7,23H,2-3,5,8-13H2,1H3/t16-/m0/s1. The van der Waals surface area contributed by atoms with E-state index in [2.05, 4.69) is 14.9 Å². The summed E-state index contributed by atoms with van der Waals surface area (Å²) in [5.74, 6) is 0.712. The molecule has 3 rings (SSSR count). The normalized spacial score (nSPS) is 25.0. The summed E-state index contributed by atoms with van der Waals surface area (Å²) in [6.07, 6.45) is 6.36. The molecular weight excluding hydrogens is 294 g/mol. The molecule has 7 heteroatoms. The molecule has 0 bridgehead atoms. The fraction of sp³-hybridized carbons (Fsp3) is 0.688.